The van der Waals surface area contributed by atoms with Crippen LogP contribution in [0.5, 0.6) is 0 Å². The van der Waals surface area contributed by atoms with Crippen LogP contribution in [0.3, 0.4) is 0 Å². The molecule has 2 aromatic heterocycles. The Morgan fingerprint density at radius 1 is 0.885 bits per heavy atom. The molecule has 0 aliphatic carbocycles. The van der Waals surface area contributed by atoms with Crippen molar-refractivity contribution < 1.29 is 24.2 Å². The number of thiazole rings is 1. The van der Waals surface area contributed by atoms with E-state index < -0.39 is 42.3 Å². The van der Waals surface area contributed by atoms with Crippen molar-refractivity contribution in [3.63, 3.8) is 0 Å². The van der Waals surface area contributed by atoms with Crippen molar-refractivity contribution in [2.24, 2.45) is 5.92 Å². The Bertz CT molecular complexity index is 1700. The molecular weight excluding hydrogens is 677 g/mol. The lowest BCUT2D eigenvalue weighted by molar-refractivity contribution is -0.125. The van der Waals surface area contributed by atoms with Crippen molar-refractivity contribution >= 4 is 29.4 Å². The molecule has 278 valence electrons. The van der Waals surface area contributed by atoms with Crippen LogP contribution in [0.25, 0.3) is 0 Å². The first-order valence-corrected chi connectivity index (χ1v) is 18.5. The highest BCUT2D eigenvalue weighted by Crippen LogP contribution is 2.26. The zero-order valence-corrected chi connectivity index (χ0v) is 31.7. The average molecular weight is 729 g/mol. The maximum absolute atomic E-state index is 13.9. The van der Waals surface area contributed by atoms with E-state index in [0.29, 0.717) is 19.4 Å². The maximum atomic E-state index is 13.9. The van der Waals surface area contributed by atoms with Gasteiger partial charge in [0, 0.05) is 41.8 Å². The summed E-state index contributed by atoms with van der Waals surface area (Å²) in [6, 6.07) is 20.3. The van der Waals surface area contributed by atoms with Gasteiger partial charge in [-0.25, -0.2) is 14.6 Å². The van der Waals surface area contributed by atoms with Crippen LogP contribution < -0.4 is 16.0 Å². The van der Waals surface area contributed by atoms with Crippen molar-refractivity contribution in [1.82, 2.24) is 30.8 Å². The Balaban J connectivity index is 1.47. The van der Waals surface area contributed by atoms with Gasteiger partial charge in [-0.3, -0.25) is 9.78 Å². The number of rotatable bonds is 16. The van der Waals surface area contributed by atoms with Crippen LogP contribution >= 0.6 is 11.3 Å². The number of ether oxygens (including phenoxy) is 1. The molecular formula is C40H52N6O5S. The number of nitrogens with one attached hydrogen (secondary N) is 3. The molecule has 0 bridgehead atoms. The number of carbonyl (C=O) groups is 3. The molecule has 4 aromatic rings. The van der Waals surface area contributed by atoms with Crippen molar-refractivity contribution in [3.8, 4) is 0 Å². The molecule has 2 aromatic carbocycles. The molecule has 1 unspecified atom stereocenters. The molecule has 0 spiro atoms. The second kappa shape index (κ2) is 19.1. The van der Waals surface area contributed by atoms with E-state index in [0.717, 1.165) is 27.4 Å². The van der Waals surface area contributed by atoms with Crippen molar-refractivity contribution in [3.05, 3.63) is 118 Å². The van der Waals surface area contributed by atoms with E-state index in [-0.39, 0.29) is 24.4 Å². The van der Waals surface area contributed by atoms with E-state index in [2.05, 4.69) is 41.7 Å². The lowest BCUT2D eigenvalue weighted by Crippen LogP contribution is -2.57. The SMILES string of the molecule is CC(C)C(NC(=O)N(C)Cc1csc(C(C)(C)C)n1)C(=O)N[C@@H](Cc1ccccc1)[C@@H](O)C[C@H](Cc1ccccc1)NC(=O)OCc1cccnc1. The summed E-state index contributed by atoms with van der Waals surface area (Å²) in [4.78, 5) is 50.5. The summed E-state index contributed by atoms with van der Waals surface area (Å²) in [6.07, 6.45) is 2.47. The van der Waals surface area contributed by atoms with Crippen molar-refractivity contribution in [1.29, 1.82) is 0 Å². The third-order valence-electron chi connectivity index (χ3n) is 8.52. The summed E-state index contributed by atoms with van der Waals surface area (Å²) in [7, 11) is 1.67. The minimum absolute atomic E-state index is 0.0478. The van der Waals surface area contributed by atoms with Gasteiger partial charge in [0.25, 0.3) is 0 Å². The molecule has 0 aliphatic heterocycles. The van der Waals surface area contributed by atoms with Crippen LogP contribution in [0.1, 0.15) is 68.4 Å². The van der Waals surface area contributed by atoms with Crippen LogP contribution in [0.2, 0.25) is 0 Å². The van der Waals surface area contributed by atoms with E-state index in [9.17, 15) is 19.5 Å². The standard InChI is InChI=1S/C40H52N6O5S/c1-27(2)35(45-38(49)46(6)24-32-26-52-37(42-32)40(3,4)5)36(48)44-33(21-29-16-11-8-12-17-29)34(47)22-31(20-28-14-9-7-10-15-28)43-39(50)51-25-30-18-13-19-41-23-30/h7-19,23,26-27,31,33-35,47H,20-22,24-25H2,1-6H3,(H,43,50)(H,44,48)(H,45,49)/t31-,33-,34-,35?/m0/s1. The van der Waals surface area contributed by atoms with Gasteiger partial charge in [-0.2, -0.15) is 0 Å². The number of carbonyl (C=O) groups excluding carboxylic acids is 3. The number of urea groups is 1. The first kappa shape index (κ1) is 40.0. The van der Waals surface area contributed by atoms with E-state index in [4.69, 9.17) is 9.72 Å². The third kappa shape index (κ3) is 12.8. The highest BCUT2D eigenvalue weighted by atomic mass is 32.1. The normalized spacial score (nSPS) is 13.8. The van der Waals surface area contributed by atoms with E-state index >= 15 is 0 Å². The summed E-state index contributed by atoms with van der Waals surface area (Å²) < 4.78 is 5.48. The molecule has 0 saturated heterocycles. The molecule has 0 radical (unpaired) electrons. The predicted molar refractivity (Wildman–Crippen MR) is 204 cm³/mol. The van der Waals surface area contributed by atoms with Gasteiger partial charge < -0.3 is 30.7 Å². The fourth-order valence-electron chi connectivity index (χ4n) is 5.63. The summed E-state index contributed by atoms with van der Waals surface area (Å²) in [6.45, 7) is 10.4. The van der Waals surface area contributed by atoms with Gasteiger partial charge in [0.05, 0.1) is 29.4 Å². The molecule has 11 nitrogen and oxygen atoms in total. The fraction of sp³-hybridized carbons (Fsp3) is 0.425. The quantitative estimate of drug-likeness (QED) is 0.110. The summed E-state index contributed by atoms with van der Waals surface area (Å²) in [5, 5.41) is 23.6. The summed E-state index contributed by atoms with van der Waals surface area (Å²) in [5.74, 6) is -0.662. The Morgan fingerprint density at radius 2 is 1.52 bits per heavy atom. The van der Waals surface area contributed by atoms with Gasteiger partial charge in [0.15, 0.2) is 0 Å². The number of aromatic nitrogens is 2. The Hall–Kier alpha value is -4.81. The lowest BCUT2D eigenvalue weighted by Gasteiger charge is -2.31. The highest BCUT2D eigenvalue weighted by molar-refractivity contribution is 7.09. The number of aliphatic hydroxyl groups excluding tert-OH is 1. The van der Waals surface area contributed by atoms with Crippen LogP contribution in [-0.4, -0.2) is 69.3 Å². The Kier molecular flexibility index (Phi) is 14.7. The van der Waals surface area contributed by atoms with Gasteiger partial charge in [0.2, 0.25) is 5.91 Å². The first-order valence-electron chi connectivity index (χ1n) is 17.6. The first-order chi connectivity index (χ1) is 24.8. The molecule has 4 N–H and O–H groups in total. The molecule has 4 rings (SSSR count). The molecule has 52 heavy (non-hydrogen) atoms. The van der Waals surface area contributed by atoms with Crippen molar-refractivity contribution in [2.75, 3.05) is 7.05 Å². The number of alkyl carbamates (subject to hydrolysis) is 1. The Morgan fingerprint density at radius 3 is 2.10 bits per heavy atom. The topological polar surface area (TPSA) is 146 Å². The molecule has 4 amide bonds. The zero-order chi connectivity index (χ0) is 37.7. The number of hydrogen-bond acceptors (Lipinski definition) is 8. The third-order valence-corrected chi connectivity index (χ3v) is 9.84. The number of aliphatic hydroxyl groups is 1. The van der Waals surface area contributed by atoms with Crippen molar-refractivity contribution in [2.45, 2.75) is 96.7 Å². The molecule has 0 aliphatic rings. The van der Waals surface area contributed by atoms with Gasteiger partial charge in [-0.05, 0) is 42.4 Å². The monoisotopic (exact) mass is 728 g/mol. The lowest BCUT2D eigenvalue weighted by atomic mass is 9.93. The summed E-state index contributed by atoms with van der Waals surface area (Å²) >= 11 is 1.56. The van der Waals surface area contributed by atoms with Crippen LogP contribution in [0.4, 0.5) is 9.59 Å². The largest absolute Gasteiger partial charge is 0.445 e. The molecule has 2 heterocycles. The van der Waals surface area contributed by atoms with E-state index in [1.54, 1.807) is 36.8 Å². The number of nitrogens with zero attached hydrogens (tertiary/aromatic N) is 3. The number of benzene rings is 2. The van der Waals surface area contributed by atoms with Crippen LogP contribution in [0.15, 0.2) is 90.6 Å². The molecule has 4 atom stereocenters. The molecule has 12 heteroatoms. The minimum Gasteiger partial charge on any atom is -0.445 e. The second-order valence-corrected chi connectivity index (χ2v) is 15.4. The number of hydrogen-bond donors (Lipinski definition) is 4. The number of amides is 4. The fourth-order valence-corrected chi connectivity index (χ4v) is 6.53. The predicted octanol–water partition coefficient (Wildman–Crippen LogP) is 6.02. The van der Waals surface area contributed by atoms with Gasteiger partial charge in [-0.1, -0.05) is 101 Å². The van der Waals surface area contributed by atoms with Gasteiger partial charge in [0.1, 0.15) is 12.6 Å². The van der Waals surface area contributed by atoms with E-state index in [1.807, 2.05) is 86.0 Å². The van der Waals surface area contributed by atoms with E-state index in [1.165, 1.54) is 4.90 Å². The zero-order valence-electron chi connectivity index (χ0n) is 30.9. The average Bonchev–Trinajstić information content (AvgIpc) is 3.60. The van der Waals surface area contributed by atoms with Gasteiger partial charge >= 0.3 is 12.1 Å². The van der Waals surface area contributed by atoms with Crippen LogP contribution in [0, 0.1) is 5.92 Å². The molecule has 0 fully saturated rings. The molecule has 0 saturated carbocycles. The summed E-state index contributed by atoms with van der Waals surface area (Å²) in [5.41, 5.74) is 3.32. The maximum Gasteiger partial charge on any atom is 0.407 e. The Labute approximate surface area is 311 Å². The van der Waals surface area contributed by atoms with Gasteiger partial charge in [-0.15, -0.1) is 11.3 Å². The number of pyridine rings is 1. The second-order valence-electron chi connectivity index (χ2n) is 14.5. The smallest absolute Gasteiger partial charge is 0.407 e. The van der Waals surface area contributed by atoms with Crippen LogP contribution in [-0.2, 0) is 40.9 Å². The highest BCUT2D eigenvalue weighted by Gasteiger charge is 2.32. The minimum atomic E-state index is -1.07.